The van der Waals surface area contributed by atoms with Gasteiger partial charge < -0.3 is 19.7 Å². The minimum Gasteiger partial charge on any atom is -0.392 e. The Labute approximate surface area is 275 Å². The summed E-state index contributed by atoms with van der Waals surface area (Å²) in [6.07, 6.45) is 0.0753. The van der Waals surface area contributed by atoms with Gasteiger partial charge in [-0.15, -0.1) is 0 Å². The average Bonchev–Trinajstić information content (AvgIpc) is 3.11. The molecule has 1 saturated heterocycles. The lowest BCUT2D eigenvalue weighted by molar-refractivity contribution is -0.253. The van der Waals surface area contributed by atoms with Crippen LogP contribution in [0, 0.1) is 0 Å². The summed E-state index contributed by atoms with van der Waals surface area (Å²) in [4.78, 5) is 6.48. The van der Waals surface area contributed by atoms with Gasteiger partial charge in [0.25, 0.3) is 10.0 Å². The molecule has 1 fully saturated rings. The van der Waals surface area contributed by atoms with E-state index in [1.165, 1.54) is 0 Å². The number of nitrogens with zero attached hydrogens (tertiary/aromatic N) is 2. The van der Waals surface area contributed by atoms with Gasteiger partial charge in [-0.1, -0.05) is 84.9 Å². The van der Waals surface area contributed by atoms with Gasteiger partial charge in [0.2, 0.25) is 0 Å². The van der Waals surface area contributed by atoms with Crippen molar-refractivity contribution < 1.29 is 28.1 Å². The quantitative estimate of drug-likeness (QED) is 0.156. The van der Waals surface area contributed by atoms with Crippen molar-refractivity contribution in [2.75, 3.05) is 18.3 Å². The van der Waals surface area contributed by atoms with E-state index in [-0.39, 0.29) is 29.8 Å². The van der Waals surface area contributed by atoms with Gasteiger partial charge in [-0.3, -0.25) is 14.6 Å². The molecule has 9 nitrogen and oxygen atoms in total. The Morgan fingerprint density at radius 3 is 2.43 bits per heavy atom. The summed E-state index contributed by atoms with van der Waals surface area (Å²) in [5, 5.41) is 21.4. The number of fused-ring (bicyclic) bond motifs is 1. The van der Waals surface area contributed by atoms with Crippen LogP contribution in [-0.2, 0) is 26.1 Å². The monoisotopic (exact) mass is 653 g/mol. The highest BCUT2D eigenvalue weighted by Gasteiger charge is 2.34. The number of pyridine rings is 1. The van der Waals surface area contributed by atoms with E-state index in [1.807, 2.05) is 86.8 Å². The third-order valence-electron chi connectivity index (χ3n) is 8.70. The number of rotatable bonds is 11. The molecule has 0 saturated carbocycles. The molecule has 6 rings (SSSR count). The number of likely N-dealkylation sites (N-methyl/N-ethyl adjacent to an activating group) is 1. The lowest BCUT2D eigenvalue weighted by Gasteiger charge is -2.39. The number of hydrogen-bond acceptors (Lipinski definition) is 8. The summed E-state index contributed by atoms with van der Waals surface area (Å²) in [5.41, 5.74) is 4.01. The van der Waals surface area contributed by atoms with E-state index in [9.17, 15) is 18.6 Å². The molecule has 10 heteroatoms. The number of hydrogen-bond donors (Lipinski definition) is 3. The number of anilines is 1. The van der Waals surface area contributed by atoms with E-state index < -0.39 is 22.4 Å². The fraction of sp³-hybridized carbons (Fsp3) is 0.270. The minimum atomic E-state index is -3.96. The van der Waals surface area contributed by atoms with Gasteiger partial charge in [0.1, 0.15) is 4.90 Å². The van der Waals surface area contributed by atoms with Gasteiger partial charge in [0.05, 0.1) is 30.4 Å². The van der Waals surface area contributed by atoms with Gasteiger partial charge in [-0.25, -0.2) is 8.42 Å². The molecule has 1 aromatic heterocycles. The molecule has 244 valence electrons. The zero-order valence-corrected chi connectivity index (χ0v) is 27.1. The molecule has 1 aliphatic heterocycles. The van der Waals surface area contributed by atoms with Crippen LogP contribution in [0.1, 0.15) is 54.1 Å². The molecule has 3 N–H and O–H groups in total. The van der Waals surface area contributed by atoms with Gasteiger partial charge >= 0.3 is 0 Å². The second-order valence-electron chi connectivity index (χ2n) is 11.9. The van der Waals surface area contributed by atoms with E-state index in [1.54, 1.807) is 42.6 Å². The lowest BCUT2D eigenvalue weighted by Crippen LogP contribution is -2.43. The van der Waals surface area contributed by atoms with Gasteiger partial charge in [0.15, 0.2) is 6.29 Å². The van der Waals surface area contributed by atoms with Crippen LogP contribution >= 0.6 is 0 Å². The van der Waals surface area contributed by atoms with Crippen molar-refractivity contribution in [3.8, 4) is 0 Å². The SMILES string of the molecule is CC(C(O)c1ccccc1)N(C)CC1CC(c2ccc(CO)cc2)OC(c2cccc(NS(=O)(=O)c3cccc4cccnc34)c2)O1. The van der Waals surface area contributed by atoms with Crippen molar-refractivity contribution in [2.45, 2.75) is 55.5 Å². The molecule has 1 aliphatic rings. The average molecular weight is 654 g/mol. The fourth-order valence-corrected chi connectivity index (χ4v) is 7.17. The molecule has 47 heavy (non-hydrogen) atoms. The van der Waals surface area contributed by atoms with Crippen LogP contribution in [-0.4, -0.2) is 54.3 Å². The topological polar surface area (TPSA) is 121 Å². The zero-order valence-electron chi connectivity index (χ0n) is 26.3. The third kappa shape index (κ3) is 7.54. The van der Waals surface area contributed by atoms with E-state index in [0.29, 0.717) is 29.7 Å². The van der Waals surface area contributed by atoms with Crippen LogP contribution < -0.4 is 4.72 Å². The van der Waals surface area contributed by atoms with E-state index >= 15 is 0 Å². The summed E-state index contributed by atoms with van der Waals surface area (Å²) in [7, 11) is -1.99. The van der Waals surface area contributed by atoms with Crippen molar-refractivity contribution >= 4 is 26.6 Å². The maximum absolute atomic E-state index is 13.5. The van der Waals surface area contributed by atoms with Crippen molar-refractivity contribution in [3.05, 3.63) is 138 Å². The maximum atomic E-state index is 13.5. The summed E-state index contributed by atoms with van der Waals surface area (Å²) >= 11 is 0. The number of aliphatic hydroxyl groups is 2. The zero-order chi connectivity index (χ0) is 33.0. The number of sulfonamides is 1. The minimum absolute atomic E-state index is 0.0515. The largest absolute Gasteiger partial charge is 0.392 e. The maximum Gasteiger partial charge on any atom is 0.264 e. The Hall–Kier alpha value is -4.16. The number of para-hydroxylation sites is 1. The molecular formula is C37H39N3O6S. The molecule has 0 bridgehead atoms. The Kier molecular flexibility index (Phi) is 9.97. The highest BCUT2D eigenvalue weighted by molar-refractivity contribution is 7.93. The number of nitrogens with one attached hydrogen (secondary N) is 1. The van der Waals surface area contributed by atoms with Crippen LogP contribution in [0.3, 0.4) is 0 Å². The highest BCUT2D eigenvalue weighted by atomic mass is 32.2. The number of benzene rings is 4. The first kappa shape index (κ1) is 32.8. The van der Waals surface area contributed by atoms with Crippen molar-refractivity contribution in [3.63, 3.8) is 0 Å². The first-order chi connectivity index (χ1) is 22.7. The number of aromatic nitrogens is 1. The molecule has 4 aromatic carbocycles. The first-order valence-electron chi connectivity index (χ1n) is 15.6. The molecule has 5 unspecified atom stereocenters. The Morgan fingerprint density at radius 2 is 1.66 bits per heavy atom. The second-order valence-corrected chi connectivity index (χ2v) is 13.6. The predicted molar refractivity (Wildman–Crippen MR) is 181 cm³/mol. The third-order valence-corrected chi connectivity index (χ3v) is 10.1. The molecule has 5 atom stereocenters. The standard InChI is InChI=1S/C37H39N3O6S/c1-25(36(42)29-9-4-3-5-10-29)40(2)23-32-22-33(27-18-16-26(24-41)17-19-27)46-37(45-32)30-12-6-14-31(21-30)39-47(43,44)34-15-7-11-28-13-8-20-38-35(28)34/h3-21,25,32-33,36-37,39,41-42H,22-24H2,1-2H3. The van der Waals surface area contributed by atoms with Gasteiger partial charge in [-0.2, -0.15) is 0 Å². The molecular weight excluding hydrogens is 614 g/mol. The van der Waals surface area contributed by atoms with Crippen LogP contribution in [0.25, 0.3) is 10.9 Å². The predicted octanol–water partition coefficient (Wildman–Crippen LogP) is 6.13. The summed E-state index contributed by atoms with van der Waals surface area (Å²) in [6.45, 7) is 2.46. The molecule has 5 aromatic rings. The fourth-order valence-electron chi connectivity index (χ4n) is 5.94. The summed E-state index contributed by atoms with van der Waals surface area (Å²) in [6, 6.07) is 32.7. The van der Waals surface area contributed by atoms with E-state index in [4.69, 9.17) is 9.47 Å². The van der Waals surface area contributed by atoms with Crippen LogP contribution in [0.2, 0.25) is 0 Å². The van der Waals surface area contributed by atoms with Crippen molar-refractivity contribution in [1.82, 2.24) is 9.88 Å². The Bertz CT molecular complexity index is 1900. The van der Waals surface area contributed by atoms with E-state index in [0.717, 1.165) is 22.1 Å². The summed E-state index contributed by atoms with van der Waals surface area (Å²) < 4.78 is 42.8. The molecule has 0 aliphatic carbocycles. The highest BCUT2D eigenvalue weighted by Crippen LogP contribution is 2.39. The smallest absolute Gasteiger partial charge is 0.264 e. The second kappa shape index (κ2) is 14.3. The van der Waals surface area contributed by atoms with Crippen LogP contribution in [0.4, 0.5) is 5.69 Å². The van der Waals surface area contributed by atoms with Gasteiger partial charge in [0, 0.05) is 41.8 Å². The number of ether oxygens (including phenoxy) is 2. The normalized spacial score (nSPS) is 19.8. The van der Waals surface area contributed by atoms with E-state index in [2.05, 4.69) is 14.6 Å². The first-order valence-corrected chi connectivity index (χ1v) is 17.1. The summed E-state index contributed by atoms with van der Waals surface area (Å²) in [5.74, 6) is 0. The Morgan fingerprint density at radius 1 is 0.915 bits per heavy atom. The molecule has 0 spiro atoms. The number of aliphatic hydroxyl groups excluding tert-OH is 2. The molecule has 2 heterocycles. The molecule has 0 radical (unpaired) electrons. The van der Waals surface area contributed by atoms with Crippen molar-refractivity contribution in [1.29, 1.82) is 0 Å². The van der Waals surface area contributed by atoms with Crippen LogP contribution in [0.15, 0.2) is 120 Å². The molecule has 0 amide bonds. The Balaban J connectivity index is 1.24. The lowest BCUT2D eigenvalue weighted by atomic mass is 9.98. The van der Waals surface area contributed by atoms with Gasteiger partial charge in [-0.05, 0) is 54.9 Å². The van der Waals surface area contributed by atoms with Crippen molar-refractivity contribution in [2.24, 2.45) is 0 Å². The van der Waals surface area contributed by atoms with Crippen LogP contribution in [0.5, 0.6) is 0 Å².